The van der Waals surface area contributed by atoms with Crippen LogP contribution < -0.4 is 5.32 Å². The molecule has 0 heterocycles. The molecule has 1 amide bonds. The maximum atomic E-state index is 12.8. The van der Waals surface area contributed by atoms with Gasteiger partial charge in [-0.15, -0.1) is 0 Å². The lowest BCUT2D eigenvalue weighted by Gasteiger charge is -2.30. The summed E-state index contributed by atoms with van der Waals surface area (Å²) in [5.74, 6) is -0.383. The zero-order valence-corrected chi connectivity index (χ0v) is 14.2. The third-order valence-electron chi connectivity index (χ3n) is 3.57. The van der Waals surface area contributed by atoms with Crippen molar-refractivity contribution in [3.63, 3.8) is 0 Å². The van der Waals surface area contributed by atoms with Crippen LogP contribution >= 0.6 is 11.6 Å². The Bertz CT molecular complexity index is 688. The average Bonchev–Trinajstić information content (AvgIpc) is 2.52. The molecule has 0 aliphatic carbocycles. The van der Waals surface area contributed by atoms with Gasteiger partial charge in [0.2, 0.25) is 0 Å². The van der Waals surface area contributed by atoms with E-state index in [1.807, 2.05) is 26.8 Å². The lowest BCUT2D eigenvalue weighted by atomic mass is 9.82. The molecular weight excluding hydrogens is 310 g/mol. The monoisotopic (exact) mass is 329 g/mol. The van der Waals surface area contributed by atoms with Crippen molar-refractivity contribution in [2.75, 3.05) is 0 Å². The predicted octanol–water partition coefficient (Wildman–Crippen LogP) is 4.37. The van der Waals surface area contributed by atoms with E-state index in [9.17, 15) is 9.59 Å². The van der Waals surface area contributed by atoms with Gasteiger partial charge in [-0.25, -0.2) is 0 Å². The third kappa shape index (κ3) is 4.42. The van der Waals surface area contributed by atoms with Crippen LogP contribution in [0.5, 0.6) is 0 Å². The molecule has 0 spiro atoms. The van der Waals surface area contributed by atoms with Gasteiger partial charge in [0.05, 0.1) is 6.04 Å². The summed E-state index contributed by atoms with van der Waals surface area (Å²) in [7, 11) is 0. The summed E-state index contributed by atoms with van der Waals surface area (Å²) in [5, 5.41) is 3.44. The van der Waals surface area contributed by atoms with Crippen LogP contribution in [-0.4, -0.2) is 17.7 Å². The van der Waals surface area contributed by atoms with Crippen LogP contribution in [0.2, 0.25) is 5.02 Å². The number of carbonyl (C=O) groups is 2. The zero-order chi connectivity index (χ0) is 17.0. The van der Waals surface area contributed by atoms with Crippen molar-refractivity contribution in [2.24, 2.45) is 5.41 Å². The Morgan fingerprint density at radius 2 is 1.48 bits per heavy atom. The van der Waals surface area contributed by atoms with Gasteiger partial charge >= 0.3 is 0 Å². The van der Waals surface area contributed by atoms with Crippen LogP contribution in [0.1, 0.15) is 41.5 Å². The molecule has 1 unspecified atom stereocenters. The van der Waals surface area contributed by atoms with E-state index >= 15 is 0 Å². The average molecular weight is 330 g/mol. The van der Waals surface area contributed by atoms with Crippen molar-refractivity contribution in [2.45, 2.75) is 26.8 Å². The second-order valence-corrected chi connectivity index (χ2v) is 6.95. The largest absolute Gasteiger partial charge is 0.341 e. The van der Waals surface area contributed by atoms with E-state index in [-0.39, 0.29) is 11.7 Å². The van der Waals surface area contributed by atoms with Crippen molar-refractivity contribution in [1.82, 2.24) is 5.32 Å². The van der Waals surface area contributed by atoms with E-state index in [4.69, 9.17) is 11.6 Å². The minimum Gasteiger partial charge on any atom is -0.341 e. The predicted molar refractivity (Wildman–Crippen MR) is 92.9 cm³/mol. The van der Waals surface area contributed by atoms with E-state index in [0.29, 0.717) is 16.1 Å². The van der Waals surface area contributed by atoms with Crippen LogP contribution in [-0.2, 0) is 0 Å². The quantitative estimate of drug-likeness (QED) is 0.847. The highest BCUT2D eigenvalue weighted by molar-refractivity contribution is 6.30. The fraction of sp³-hybridized carbons (Fsp3) is 0.263. The number of amides is 1. The first-order valence-electron chi connectivity index (χ1n) is 7.45. The summed E-state index contributed by atoms with van der Waals surface area (Å²) in [6.45, 7) is 5.78. The standard InChI is InChI=1S/C19H20ClNO2/c1-19(2,3)17(16(22)13-9-11-15(20)12-10-13)21-18(23)14-7-5-4-6-8-14/h4-12,17H,1-3H3,(H,21,23). The molecule has 2 aromatic carbocycles. The second kappa shape index (κ2) is 6.97. The molecule has 0 saturated heterocycles. The highest BCUT2D eigenvalue weighted by atomic mass is 35.5. The number of benzene rings is 2. The molecule has 0 aliphatic rings. The molecule has 3 nitrogen and oxygen atoms in total. The molecule has 2 aromatic rings. The Hall–Kier alpha value is -2.13. The number of nitrogens with one attached hydrogen (secondary N) is 1. The molecule has 0 fully saturated rings. The Balaban J connectivity index is 2.26. The number of carbonyl (C=O) groups excluding carboxylic acids is 2. The maximum Gasteiger partial charge on any atom is 0.251 e. The molecule has 0 aliphatic heterocycles. The van der Waals surface area contributed by atoms with Gasteiger partial charge in [-0.1, -0.05) is 50.6 Å². The molecule has 0 aromatic heterocycles. The first-order valence-corrected chi connectivity index (χ1v) is 7.82. The van der Waals surface area contributed by atoms with Gasteiger partial charge in [-0.3, -0.25) is 9.59 Å². The smallest absolute Gasteiger partial charge is 0.251 e. The summed E-state index contributed by atoms with van der Waals surface area (Å²) in [6.07, 6.45) is 0. The molecule has 23 heavy (non-hydrogen) atoms. The molecule has 1 atom stereocenters. The van der Waals surface area contributed by atoms with Crippen molar-refractivity contribution in [3.05, 3.63) is 70.7 Å². The topological polar surface area (TPSA) is 46.2 Å². The summed E-state index contributed by atoms with van der Waals surface area (Å²) in [5.41, 5.74) is 0.648. The summed E-state index contributed by atoms with van der Waals surface area (Å²) in [6, 6.07) is 15.0. The first-order chi connectivity index (χ1) is 10.8. The lowest BCUT2D eigenvalue weighted by molar-refractivity contribution is 0.0782. The fourth-order valence-electron chi connectivity index (χ4n) is 2.26. The highest BCUT2D eigenvalue weighted by Crippen LogP contribution is 2.24. The van der Waals surface area contributed by atoms with Gasteiger partial charge in [0.15, 0.2) is 5.78 Å². The molecule has 0 radical (unpaired) electrons. The molecule has 2 rings (SSSR count). The van der Waals surface area contributed by atoms with Crippen molar-refractivity contribution >= 4 is 23.3 Å². The van der Waals surface area contributed by atoms with Crippen LogP contribution in [0.25, 0.3) is 0 Å². The van der Waals surface area contributed by atoms with E-state index in [2.05, 4.69) is 5.32 Å². The number of halogens is 1. The van der Waals surface area contributed by atoms with E-state index in [1.54, 1.807) is 48.5 Å². The van der Waals surface area contributed by atoms with Crippen LogP contribution in [0.15, 0.2) is 54.6 Å². The van der Waals surface area contributed by atoms with Crippen molar-refractivity contribution in [1.29, 1.82) is 0 Å². The Morgan fingerprint density at radius 1 is 0.913 bits per heavy atom. The number of ketones is 1. The summed E-state index contributed by atoms with van der Waals surface area (Å²) >= 11 is 5.87. The van der Waals surface area contributed by atoms with E-state index in [1.165, 1.54) is 0 Å². The number of hydrogen-bond acceptors (Lipinski definition) is 2. The van der Waals surface area contributed by atoms with Gasteiger partial charge < -0.3 is 5.32 Å². The minimum absolute atomic E-state index is 0.126. The minimum atomic E-state index is -0.628. The van der Waals surface area contributed by atoms with Crippen LogP contribution in [0.3, 0.4) is 0 Å². The van der Waals surface area contributed by atoms with Gasteiger partial charge in [-0.05, 0) is 41.8 Å². The highest BCUT2D eigenvalue weighted by Gasteiger charge is 2.33. The fourth-order valence-corrected chi connectivity index (χ4v) is 2.39. The Kier molecular flexibility index (Phi) is 5.22. The van der Waals surface area contributed by atoms with Gasteiger partial charge in [0.1, 0.15) is 0 Å². The molecule has 120 valence electrons. The van der Waals surface area contributed by atoms with Gasteiger partial charge in [-0.2, -0.15) is 0 Å². The van der Waals surface area contributed by atoms with E-state index < -0.39 is 11.5 Å². The molecule has 0 bridgehead atoms. The number of hydrogen-bond donors (Lipinski definition) is 1. The molecule has 0 saturated carbocycles. The van der Waals surface area contributed by atoms with Crippen LogP contribution in [0.4, 0.5) is 0 Å². The zero-order valence-electron chi connectivity index (χ0n) is 13.5. The Labute approximate surface area is 141 Å². The molecule has 4 heteroatoms. The second-order valence-electron chi connectivity index (χ2n) is 6.51. The summed E-state index contributed by atoms with van der Waals surface area (Å²) < 4.78 is 0. The number of rotatable bonds is 4. The molecular formula is C19H20ClNO2. The lowest BCUT2D eigenvalue weighted by Crippen LogP contribution is -2.49. The Morgan fingerprint density at radius 3 is 2.00 bits per heavy atom. The van der Waals surface area contributed by atoms with Crippen LogP contribution in [0, 0.1) is 5.41 Å². The number of Topliss-reactive ketones (excluding diaryl/α,β-unsaturated/α-hetero) is 1. The third-order valence-corrected chi connectivity index (χ3v) is 3.82. The van der Waals surface area contributed by atoms with Gasteiger partial charge in [0, 0.05) is 16.1 Å². The molecule has 1 N–H and O–H groups in total. The normalized spacial score (nSPS) is 12.5. The van der Waals surface area contributed by atoms with Crippen molar-refractivity contribution < 1.29 is 9.59 Å². The SMILES string of the molecule is CC(C)(C)C(NC(=O)c1ccccc1)C(=O)c1ccc(Cl)cc1. The van der Waals surface area contributed by atoms with E-state index in [0.717, 1.165) is 0 Å². The first kappa shape index (κ1) is 17.2. The van der Waals surface area contributed by atoms with Crippen molar-refractivity contribution in [3.8, 4) is 0 Å². The van der Waals surface area contributed by atoms with Gasteiger partial charge in [0.25, 0.3) is 5.91 Å². The summed E-state index contributed by atoms with van der Waals surface area (Å²) in [4.78, 5) is 25.2. The maximum absolute atomic E-state index is 12.8.